The summed E-state index contributed by atoms with van der Waals surface area (Å²) in [6.45, 7) is 13.4. The molecule has 172 valence electrons. The Morgan fingerprint density at radius 1 is 0.806 bits per heavy atom. The van der Waals surface area contributed by atoms with Gasteiger partial charge in [-0.2, -0.15) is 4.99 Å². The number of benzene rings is 2. The lowest BCUT2D eigenvalue weighted by Crippen LogP contribution is -2.40. The van der Waals surface area contributed by atoms with Crippen LogP contribution in [0.1, 0.15) is 41.5 Å². The summed E-state index contributed by atoms with van der Waals surface area (Å²) in [6.07, 6.45) is 1.61. The molecule has 0 bridgehead atoms. The van der Waals surface area contributed by atoms with Gasteiger partial charge in [-0.15, -0.1) is 12.4 Å². The Kier molecular flexibility index (Phi) is 12.8. The molecule has 0 unspecified atom stereocenters. The summed E-state index contributed by atoms with van der Waals surface area (Å²) in [6, 6.07) is 19.1. The number of carbonyl (C=O) groups excluding carboxylic acids is 1. The molecule has 0 saturated heterocycles. The van der Waals surface area contributed by atoms with Gasteiger partial charge in [-0.25, -0.2) is 4.79 Å². The van der Waals surface area contributed by atoms with E-state index < -0.39 is 0 Å². The van der Waals surface area contributed by atoms with Crippen molar-refractivity contribution in [3.8, 4) is 11.5 Å². The lowest BCUT2D eigenvalue weighted by atomic mass is 9.88. The van der Waals surface area contributed by atoms with Crippen LogP contribution < -0.4 is 15.2 Å². The molecule has 0 spiro atoms. The summed E-state index contributed by atoms with van der Waals surface area (Å²) in [5, 5.41) is 0. The number of hydrogen-bond donors (Lipinski definition) is 1. The predicted molar refractivity (Wildman–Crippen MR) is 130 cm³/mol. The van der Waals surface area contributed by atoms with Crippen LogP contribution in [0, 0.1) is 10.8 Å². The van der Waals surface area contributed by atoms with Gasteiger partial charge in [-0.3, -0.25) is 0 Å². The Morgan fingerprint density at radius 2 is 1.23 bits per heavy atom. The van der Waals surface area contributed by atoms with Gasteiger partial charge in [0, 0.05) is 6.04 Å². The Morgan fingerprint density at radius 3 is 1.58 bits per heavy atom. The minimum Gasteiger partial charge on any atom is -0.492 e. The minimum absolute atomic E-state index is 0. The van der Waals surface area contributed by atoms with Crippen molar-refractivity contribution in [2.75, 3.05) is 13.2 Å². The summed E-state index contributed by atoms with van der Waals surface area (Å²) >= 11 is 0. The zero-order valence-electron chi connectivity index (χ0n) is 19.5. The standard InChI is InChI=1S/C13H17NO2.C12H19NO.ClH/c1-13(2,3)12(14-10-15)9-16-11-7-5-4-6-8-11;1-12(2,3)11(13)9-14-10-7-5-4-6-8-10;/h4-8,12H,9H2,1-3H3;4-8,11H,9,13H2,1-3H3;1H/t12-;11-;/m11./s1. The number of nitrogens with zero attached hydrogens (tertiary/aromatic N) is 1. The van der Waals surface area contributed by atoms with E-state index in [2.05, 4.69) is 25.8 Å². The largest absolute Gasteiger partial charge is 0.492 e. The Balaban J connectivity index is 0.000000567. The van der Waals surface area contributed by atoms with Crippen LogP contribution >= 0.6 is 12.4 Å². The topological polar surface area (TPSA) is 73.9 Å². The van der Waals surface area contributed by atoms with Crippen molar-refractivity contribution in [1.29, 1.82) is 0 Å². The second-order valence-corrected chi connectivity index (χ2v) is 9.32. The number of halogens is 1. The van der Waals surface area contributed by atoms with Crippen LogP contribution in [0.2, 0.25) is 0 Å². The third-order valence-corrected chi connectivity index (χ3v) is 4.64. The first-order chi connectivity index (χ1) is 14.0. The number of isocyanates is 1. The van der Waals surface area contributed by atoms with Gasteiger partial charge in [-0.1, -0.05) is 77.9 Å². The second-order valence-electron chi connectivity index (χ2n) is 9.32. The molecule has 6 heteroatoms. The highest BCUT2D eigenvalue weighted by molar-refractivity contribution is 5.85. The van der Waals surface area contributed by atoms with Crippen LogP contribution in [0.15, 0.2) is 65.7 Å². The molecule has 31 heavy (non-hydrogen) atoms. The van der Waals surface area contributed by atoms with Crippen molar-refractivity contribution in [3.63, 3.8) is 0 Å². The molecule has 2 N–H and O–H groups in total. The van der Waals surface area contributed by atoms with Gasteiger partial charge in [0.05, 0.1) is 0 Å². The summed E-state index contributed by atoms with van der Waals surface area (Å²) in [5.74, 6) is 1.67. The molecular formula is C25H37ClN2O3. The molecule has 0 heterocycles. The fourth-order valence-corrected chi connectivity index (χ4v) is 2.19. The van der Waals surface area contributed by atoms with Gasteiger partial charge in [-0.05, 0) is 35.1 Å². The zero-order valence-corrected chi connectivity index (χ0v) is 20.3. The Bertz CT molecular complexity index is 765. The Hall–Kier alpha value is -2.33. The van der Waals surface area contributed by atoms with Gasteiger partial charge in [0.1, 0.15) is 30.8 Å². The van der Waals surface area contributed by atoms with Crippen molar-refractivity contribution in [3.05, 3.63) is 60.7 Å². The molecule has 2 aromatic carbocycles. The van der Waals surface area contributed by atoms with E-state index in [1.807, 2.05) is 81.4 Å². The van der Waals surface area contributed by atoms with E-state index >= 15 is 0 Å². The van der Waals surface area contributed by atoms with Gasteiger partial charge >= 0.3 is 0 Å². The van der Waals surface area contributed by atoms with E-state index in [9.17, 15) is 4.79 Å². The average Bonchev–Trinajstić information content (AvgIpc) is 2.70. The molecule has 0 aromatic heterocycles. The van der Waals surface area contributed by atoms with Crippen molar-refractivity contribution < 1.29 is 14.3 Å². The summed E-state index contributed by atoms with van der Waals surface area (Å²) in [5.41, 5.74) is 5.96. The molecule has 0 radical (unpaired) electrons. The molecule has 2 aromatic rings. The smallest absolute Gasteiger partial charge is 0.235 e. The van der Waals surface area contributed by atoms with Crippen LogP contribution in [-0.4, -0.2) is 31.4 Å². The third-order valence-electron chi connectivity index (χ3n) is 4.64. The van der Waals surface area contributed by atoms with Gasteiger partial charge in [0.2, 0.25) is 6.08 Å². The monoisotopic (exact) mass is 448 g/mol. The molecule has 2 rings (SSSR count). The van der Waals surface area contributed by atoms with Crippen LogP contribution in [-0.2, 0) is 4.79 Å². The van der Waals surface area contributed by atoms with E-state index in [0.29, 0.717) is 13.2 Å². The van der Waals surface area contributed by atoms with E-state index in [1.54, 1.807) is 6.08 Å². The fourth-order valence-electron chi connectivity index (χ4n) is 2.19. The maximum atomic E-state index is 10.3. The number of rotatable bonds is 7. The zero-order chi connectivity index (χ0) is 22.6. The van der Waals surface area contributed by atoms with E-state index in [1.165, 1.54) is 0 Å². The van der Waals surface area contributed by atoms with Crippen molar-refractivity contribution in [2.45, 2.75) is 53.6 Å². The second kappa shape index (κ2) is 13.9. The first kappa shape index (κ1) is 28.7. The quantitative estimate of drug-likeness (QED) is 0.437. The van der Waals surface area contributed by atoms with Crippen LogP contribution in [0.4, 0.5) is 0 Å². The van der Waals surface area contributed by atoms with Gasteiger partial charge in [0.25, 0.3) is 0 Å². The molecule has 0 aliphatic carbocycles. The first-order valence-electron chi connectivity index (χ1n) is 10.2. The normalized spacial score (nSPS) is 12.7. The molecule has 0 fully saturated rings. The lowest BCUT2D eigenvalue weighted by Gasteiger charge is -2.26. The number of nitrogens with two attached hydrogens (primary N) is 1. The number of para-hydroxylation sites is 2. The molecule has 0 amide bonds. The highest BCUT2D eigenvalue weighted by Crippen LogP contribution is 2.23. The number of ether oxygens (including phenoxy) is 2. The van der Waals surface area contributed by atoms with Crippen molar-refractivity contribution >= 4 is 18.5 Å². The Labute approximate surface area is 193 Å². The third kappa shape index (κ3) is 12.2. The molecular weight excluding hydrogens is 412 g/mol. The molecule has 2 atom stereocenters. The molecule has 5 nitrogen and oxygen atoms in total. The maximum Gasteiger partial charge on any atom is 0.235 e. The molecule has 0 saturated carbocycles. The lowest BCUT2D eigenvalue weighted by molar-refractivity contribution is 0.205. The van der Waals surface area contributed by atoms with Crippen LogP contribution in [0.25, 0.3) is 0 Å². The molecule has 0 aliphatic heterocycles. The van der Waals surface area contributed by atoms with Gasteiger partial charge < -0.3 is 15.2 Å². The summed E-state index contributed by atoms with van der Waals surface area (Å²) < 4.78 is 11.1. The first-order valence-corrected chi connectivity index (χ1v) is 10.2. The van der Waals surface area contributed by atoms with Crippen molar-refractivity contribution in [1.82, 2.24) is 0 Å². The fraction of sp³-hybridized carbons (Fsp3) is 0.480. The highest BCUT2D eigenvalue weighted by atomic mass is 35.5. The molecule has 0 aliphatic rings. The highest BCUT2D eigenvalue weighted by Gasteiger charge is 2.25. The number of aliphatic imine (C=N–C) groups is 1. The minimum atomic E-state index is -0.176. The van der Waals surface area contributed by atoms with E-state index in [4.69, 9.17) is 15.2 Å². The van der Waals surface area contributed by atoms with Gasteiger partial charge in [0.15, 0.2) is 0 Å². The SMILES string of the molecule is CC(C)(C)[C@@H](COc1ccccc1)N=C=O.CC(C)(C)[C@H](N)COc1ccccc1.Cl. The van der Waals surface area contributed by atoms with E-state index in [0.717, 1.165) is 11.5 Å². The summed E-state index contributed by atoms with van der Waals surface area (Å²) in [4.78, 5) is 14.1. The van der Waals surface area contributed by atoms with Crippen molar-refractivity contribution in [2.24, 2.45) is 21.6 Å². The maximum absolute atomic E-state index is 10.3. The predicted octanol–water partition coefficient (Wildman–Crippen LogP) is 5.68. The average molecular weight is 449 g/mol. The van der Waals surface area contributed by atoms with Crippen LogP contribution in [0.5, 0.6) is 11.5 Å². The van der Waals surface area contributed by atoms with Crippen LogP contribution in [0.3, 0.4) is 0 Å². The number of hydrogen-bond acceptors (Lipinski definition) is 5. The van der Waals surface area contributed by atoms with E-state index in [-0.39, 0.29) is 35.3 Å². The summed E-state index contributed by atoms with van der Waals surface area (Å²) in [7, 11) is 0.